The van der Waals surface area contributed by atoms with E-state index in [1.807, 2.05) is 41.5 Å². The zero-order chi connectivity index (χ0) is 20.2. The molecule has 0 heterocycles. The van der Waals surface area contributed by atoms with Crippen molar-refractivity contribution in [3.05, 3.63) is 23.8 Å². The van der Waals surface area contributed by atoms with Gasteiger partial charge in [-0.05, 0) is 38.2 Å². The Kier molecular flexibility index (Phi) is 7.39. The summed E-state index contributed by atoms with van der Waals surface area (Å²) >= 11 is 0. The number of allylic oxidation sites excluding steroid dienone is 3. The van der Waals surface area contributed by atoms with Crippen LogP contribution in [0.1, 0.15) is 54.4 Å². The van der Waals surface area contributed by atoms with Crippen LogP contribution in [-0.4, -0.2) is 33.8 Å². The second-order valence-corrected chi connectivity index (χ2v) is 8.07. The molecule has 0 aliphatic heterocycles. The van der Waals surface area contributed by atoms with E-state index in [1.54, 1.807) is 12.2 Å². The summed E-state index contributed by atoms with van der Waals surface area (Å²) in [5, 5.41) is 11.0. The van der Waals surface area contributed by atoms with Gasteiger partial charge in [-0.15, -0.1) is 0 Å². The standard InChI is InChI=1S/C21H30O5/c1-12(2)7-9-15-19(24)18(16(22)11-14(5)6)20(25)21(15,26)17(23)10-8-13(3)4/h7-8,10,13-15,18,26H,9,11H2,1-6H3/b10-8+/t15-,18?,21-/m0/s1. The summed E-state index contributed by atoms with van der Waals surface area (Å²) in [6.07, 6.45) is 4.54. The molecule has 0 radical (unpaired) electrons. The van der Waals surface area contributed by atoms with Crippen LogP contribution in [0.5, 0.6) is 0 Å². The number of hydrogen-bond donors (Lipinski definition) is 1. The van der Waals surface area contributed by atoms with E-state index in [1.165, 1.54) is 0 Å². The fourth-order valence-corrected chi connectivity index (χ4v) is 3.09. The molecule has 1 N–H and O–H groups in total. The molecule has 5 nitrogen and oxygen atoms in total. The molecule has 0 aromatic rings. The first-order valence-electron chi connectivity index (χ1n) is 9.12. The second-order valence-electron chi connectivity index (χ2n) is 8.07. The molecule has 26 heavy (non-hydrogen) atoms. The first-order chi connectivity index (χ1) is 11.9. The maximum absolute atomic E-state index is 12.8. The van der Waals surface area contributed by atoms with Gasteiger partial charge in [-0.3, -0.25) is 19.2 Å². The zero-order valence-electron chi connectivity index (χ0n) is 16.5. The maximum Gasteiger partial charge on any atom is 0.196 e. The van der Waals surface area contributed by atoms with Gasteiger partial charge in [-0.2, -0.15) is 0 Å². The van der Waals surface area contributed by atoms with Crippen molar-refractivity contribution in [2.75, 3.05) is 0 Å². The van der Waals surface area contributed by atoms with E-state index in [4.69, 9.17) is 0 Å². The first kappa shape index (κ1) is 22.2. The van der Waals surface area contributed by atoms with E-state index < -0.39 is 40.6 Å². The lowest BCUT2D eigenvalue weighted by atomic mass is 9.82. The highest BCUT2D eigenvalue weighted by Gasteiger charge is 2.63. The highest BCUT2D eigenvalue weighted by Crippen LogP contribution is 2.39. The molecule has 0 aromatic heterocycles. The maximum atomic E-state index is 12.8. The van der Waals surface area contributed by atoms with Crippen LogP contribution in [0.4, 0.5) is 0 Å². The predicted molar refractivity (Wildman–Crippen MR) is 99.4 cm³/mol. The molecule has 0 amide bonds. The van der Waals surface area contributed by atoms with Crippen LogP contribution in [0.15, 0.2) is 23.8 Å². The number of hydrogen-bond acceptors (Lipinski definition) is 5. The Labute approximate surface area is 155 Å². The molecule has 1 unspecified atom stereocenters. The summed E-state index contributed by atoms with van der Waals surface area (Å²) in [6, 6.07) is 0. The molecular weight excluding hydrogens is 332 g/mol. The Morgan fingerprint density at radius 2 is 1.73 bits per heavy atom. The van der Waals surface area contributed by atoms with Gasteiger partial charge in [0.15, 0.2) is 28.7 Å². The van der Waals surface area contributed by atoms with Gasteiger partial charge in [0.05, 0.1) is 5.92 Å². The Morgan fingerprint density at radius 1 is 1.15 bits per heavy atom. The highest BCUT2D eigenvalue weighted by molar-refractivity contribution is 6.34. The van der Waals surface area contributed by atoms with E-state index in [9.17, 15) is 24.3 Å². The minimum Gasteiger partial charge on any atom is -0.374 e. The predicted octanol–water partition coefficient (Wildman–Crippen LogP) is 2.85. The average molecular weight is 362 g/mol. The van der Waals surface area contributed by atoms with Gasteiger partial charge < -0.3 is 5.11 Å². The van der Waals surface area contributed by atoms with E-state index in [-0.39, 0.29) is 24.7 Å². The van der Waals surface area contributed by atoms with Crippen LogP contribution in [-0.2, 0) is 19.2 Å². The van der Waals surface area contributed by atoms with Gasteiger partial charge in [0.2, 0.25) is 0 Å². The van der Waals surface area contributed by atoms with E-state index in [0.29, 0.717) is 0 Å². The lowest BCUT2D eigenvalue weighted by Gasteiger charge is -2.24. The van der Waals surface area contributed by atoms with Crippen molar-refractivity contribution in [2.24, 2.45) is 23.7 Å². The van der Waals surface area contributed by atoms with Gasteiger partial charge in [0, 0.05) is 6.42 Å². The third-order valence-corrected chi connectivity index (χ3v) is 4.47. The number of Topliss-reactive ketones (excluding diaryl/α,β-unsaturated/α-hetero) is 3. The SMILES string of the molecule is CC(C)=CC[C@H]1C(=O)C(C(=O)CC(C)C)C(=O)[C@@]1(O)C(=O)/C=C/C(C)C. The number of aliphatic hydroxyl groups is 1. The summed E-state index contributed by atoms with van der Waals surface area (Å²) in [4.78, 5) is 50.7. The van der Waals surface area contributed by atoms with Crippen LogP contribution in [0, 0.1) is 23.7 Å². The summed E-state index contributed by atoms with van der Waals surface area (Å²) in [6.45, 7) is 11.0. The lowest BCUT2D eigenvalue weighted by Crippen LogP contribution is -2.49. The van der Waals surface area contributed by atoms with Gasteiger partial charge in [0.1, 0.15) is 5.92 Å². The normalized spacial score (nSPS) is 26.2. The van der Waals surface area contributed by atoms with Gasteiger partial charge in [-0.1, -0.05) is 45.4 Å². The minimum absolute atomic E-state index is 0.0236. The smallest absolute Gasteiger partial charge is 0.196 e. The zero-order valence-corrected chi connectivity index (χ0v) is 16.5. The fraction of sp³-hybridized carbons (Fsp3) is 0.619. The number of ketones is 4. The summed E-state index contributed by atoms with van der Waals surface area (Å²) in [5.74, 6) is -5.71. The number of carbonyl (C=O) groups excluding carboxylic acids is 4. The molecule has 0 spiro atoms. The van der Waals surface area contributed by atoms with Crippen molar-refractivity contribution < 1.29 is 24.3 Å². The van der Waals surface area contributed by atoms with Crippen molar-refractivity contribution >= 4 is 23.1 Å². The van der Waals surface area contributed by atoms with Crippen LogP contribution in [0.25, 0.3) is 0 Å². The molecule has 144 valence electrons. The Hall–Kier alpha value is -1.88. The Morgan fingerprint density at radius 3 is 2.19 bits per heavy atom. The minimum atomic E-state index is -2.47. The molecule has 3 atom stereocenters. The molecular formula is C21H30O5. The third-order valence-electron chi connectivity index (χ3n) is 4.47. The van der Waals surface area contributed by atoms with E-state index in [0.717, 1.165) is 11.6 Å². The topological polar surface area (TPSA) is 88.5 Å². The van der Waals surface area contributed by atoms with Crippen molar-refractivity contribution in [1.29, 1.82) is 0 Å². The third kappa shape index (κ3) is 4.64. The van der Waals surface area contributed by atoms with Crippen molar-refractivity contribution in [1.82, 2.24) is 0 Å². The Bertz CT molecular complexity index is 649. The van der Waals surface area contributed by atoms with Crippen LogP contribution >= 0.6 is 0 Å². The van der Waals surface area contributed by atoms with Crippen LogP contribution in [0.3, 0.4) is 0 Å². The lowest BCUT2D eigenvalue weighted by molar-refractivity contribution is -0.151. The van der Waals surface area contributed by atoms with Crippen LogP contribution < -0.4 is 0 Å². The second kappa shape index (κ2) is 8.67. The van der Waals surface area contributed by atoms with Gasteiger partial charge in [-0.25, -0.2) is 0 Å². The average Bonchev–Trinajstić information content (AvgIpc) is 2.69. The molecule has 1 fully saturated rings. The molecule has 1 saturated carbocycles. The molecule has 5 heteroatoms. The van der Waals surface area contributed by atoms with Crippen molar-refractivity contribution in [3.8, 4) is 0 Å². The number of rotatable bonds is 8. The molecule has 0 bridgehead atoms. The van der Waals surface area contributed by atoms with Crippen molar-refractivity contribution in [3.63, 3.8) is 0 Å². The highest BCUT2D eigenvalue weighted by atomic mass is 16.3. The summed E-state index contributed by atoms with van der Waals surface area (Å²) in [5.41, 5.74) is -1.57. The summed E-state index contributed by atoms with van der Waals surface area (Å²) in [7, 11) is 0. The Balaban J connectivity index is 3.35. The largest absolute Gasteiger partial charge is 0.374 e. The number of carbonyl (C=O) groups is 4. The molecule has 1 aliphatic carbocycles. The van der Waals surface area contributed by atoms with E-state index in [2.05, 4.69) is 0 Å². The quantitative estimate of drug-likeness (QED) is 0.407. The van der Waals surface area contributed by atoms with Gasteiger partial charge >= 0.3 is 0 Å². The molecule has 0 saturated heterocycles. The first-order valence-corrected chi connectivity index (χ1v) is 9.12. The van der Waals surface area contributed by atoms with Gasteiger partial charge in [0.25, 0.3) is 0 Å². The molecule has 1 rings (SSSR count). The summed E-state index contributed by atoms with van der Waals surface area (Å²) < 4.78 is 0. The fourth-order valence-electron chi connectivity index (χ4n) is 3.09. The monoisotopic (exact) mass is 362 g/mol. The molecule has 0 aromatic carbocycles. The van der Waals surface area contributed by atoms with Crippen LogP contribution in [0.2, 0.25) is 0 Å². The van der Waals surface area contributed by atoms with E-state index >= 15 is 0 Å². The molecule has 1 aliphatic rings. The van der Waals surface area contributed by atoms with Crippen molar-refractivity contribution in [2.45, 2.75) is 60.0 Å².